The number of carbonyl (C=O) groups is 4. The van der Waals surface area contributed by atoms with Crippen LogP contribution in [0.5, 0.6) is 0 Å². The number of esters is 2. The van der Waals surface area contributed by atoms with Crippen LogP contribution in [-0.4, -0.2) is 58.1 Å². The van der Waals surface area contributed by atoms with Crippen LogP contribution in [0.3, 0.4) is 0 Å². The van der Waals surface area contributed by atoms with Crippen LogP contribution in [0.2, 0.25) is 0 Å². The van der Waals surface area contributed by atoms with Gasteiger partial charge in [-0.1, -0.05) is 168 Å². The maximum absolute atomic E-state index is 13.0. The summed E-state index contributed by atoms with van der Waals surface area (Å²) in [5.74, 6) is -4.07. The van der Waals surface area contributed by atoms with Gasteiger partial charge in [-0.2, -0.15) is 0 Å². The van der Waals surface area contributed by atoms with Crippen molar-refractivity contribution in [1.29, 1.82) is 0 Å². The van der Waals surface area contributed by atoms with E-state index in [0.29, 0.717) is 12.8 Å². The van der Waals surface area contributed by atoms with Crippen LogP contribution in [-0.2, 0) is 28.7 Å². The highest BCUT2D eigenvalue weighted by Crippen LogP contribution is 2.32. The molecule has 1 rings (SSSR count). The molecule has 0 aliphatic carbocycles. The molecule has 2 unspecified atom stereocenters. The molecule has 0 aromatic heterocycles. The smallest absolute Gasteiger partial charge is 0.362 e. The minimum atomic E-state index is -2.48. The first-order valence-electron chi connectivity index (χ1n) is 19.1. The summed E-state index contributed by atoms with van der Waals surface area (Å²) in [7, 11) is 0. The van der Waals surface area contributed by atoms with Gasteiger partial charge >= 0.3 is 11.9 Å². The summed E-state index contributed by atoms with van der Waals surface area (Å²) < 4.78 is 10.4. The molecule has 1 aliphatic heterocycles. The lowest BCUT2D eigenvalue weighted by Gasteiger charge is -2.40. The topological polar surface area (TPSA) is 127 Å². The number of rotatable bonds is 32. The van der Waals surface area contributed by atoms with E-state index in [2.05, 4.69) is 13.8 Å². The number of aliphatic hydroxyl groups is 2. The molecule has 0 amide bonds. The molecule has 0 aromatic carbocycles. The lowest BCUT2D eigenvalue weighted by Crippen LogP contribution is -2.68. The van der Waals surface area contributed by atoms with E-state index in [1.165, 1.54) is 103 Å². The number of Topliss-reactive ketones (excluding diaryl/α,β-unsaturated/α-hetero) is 2. The van der Waals surface area contributed by atoms with Crippen molar-refractivity contribution in [3.63, 3.8) is 0 Å². The predicted octanol–water partition coefficient (Wildman–Crippen LogP) is 8.65. The quantitative estimate of drug-likeness (QED) is 0.0420. The number of ether oxygens (including phenoxy) is 2. The fourth-order valence-electron chi connectivity index (χ4n) is 6.29. The summed E-state index contributed by atoms with van der Waals surface area (Å²) in [5.41, 5.74) is -4.97. The van der Waals surface area contributed by atoms with Gasteiger partial charge in [0.15, 0.2) is 11.6 Å². The Morgan fingerprint density at radius 1 is 0.435 bits per heavy atom. The molecule has 0 radical (unpaired) electrons. The van der Waals surface area contributed by atoms with Crippen LogP contribution < -0.4 is 0 Å². The highest BCUT2D eigenvalue weighted by molar-refractivity contribution is 6.17. The molecule has 0 aromatic rings. The van der Waals surface area contributed by atoms with Gasteiger partial charge in [0.2, 0.25) is 0 Å². The molecule has 1 aliphatic rings. The Kier molecular flexibility index (Phi) is 24.0. The molecular weight excluding hydrogens is 584 g/mol. The Balaban J connectivity index is 2.33. The molecule has 1 heterocycles. The van der Waals surface area contributed by atoms with Crippen molar-refractivity contribution in [3.8, 4) is 0 Å². The number of hydrogen-bond acceptors (Lipinski definition) is 8. The lowest BCUT2D eigenvalue weighted by atomic mass is 9.88. The van der Waals surface area contributed by atoms with Gasteiger partial charge < -0.3 is 19.7 Å². The fraction of sp³-hybridized carbons (Fsp3) is 0.895. The molecule has 1 fully saturated rings. The molecule has 1 saturated heterocycles. The number of cyclic esters (lactones) is 2. The second-order valence-electron chi connectivity index (χ2n) is 13.6. The van der Waals surface area contributed by atoms with Gasteiger partial charge in [0.05, 0.1) is 0 Å². The van der Waals surface area contributed by atoms with Crippen molar-refractivity contribution in [2.75, 3.05) is 13.2 Å². The van der Waals surface area contributed by atoms with Gasteiger partial charge in [0.1, 0.15) is 13.2 Å². The van der Waals surface area contributed by atoms with Gasteiger partial charge in [-0.25, -0.2) is 9.59 Å². The Hall–Kier alpha value is -1.80. The van der Waals surface area contributed by atoms with Crippen molar-refractivity contribution < 1.29 is 38.9 Å². The van der Waals surface area contributed by atoms with E-state index in [1.54, 1.807) is 0 Å². The van der Waals surface area contributed by atoms with Crippen LogP contribution in [0.15, 0.2) is 0 Å². The molecule has 2 N–H and O–H groups in total. The minimum Gasteiger partial charge on any atom is -0.433 e. The normalized spacial score (nSPS) is 19.7. The second kappa shape index (κ2) is 26.2. The first kappa shape index (κ1) is 42.2. The van der Waals surface area contributed by atoms with Crippen molar-refractivity contribution in [2.24, 2.45) is 0 Å². The van der Waals surface area contributed by atoms with E-state index in [0.717, 1.165) is 51.4 Å². The van der Waals surface area contributed by atoms with Crippen molar-refractivity contribution in [3.05, 3.63) is 0 Å². The SMILES string of the molecule is CCCCCCCCCCCCCCCC(=O)C1(CO)OC(=O)C(CO)(C(=O)CCCCCCCCCCCCCCC)OC1=O. The Morgan fingerprint density at radius 2 is 0.652 bits per heavy atom. The Bertz CT molecular complexity index is 775. The molecule has 46 heavy (non-hydrogen) atoms. The van der Waals surface area contributed by atoms with Gasteiger partial charge in [0.25, 0.3) is 11.2 Å². The molecule has 8 heteroatoms. The maximum Gasteiger partial charge on any atom is 0.362 e. The number of hydrogen-bond donors (Lipinski definition) is 2. The van der Waals surface area contributed by atoms with E-state index in [4.69, 9.17) is 9.47 Å². The molecule has 0 saturated carbocycles. The zero-order valence-electron chi connectivity index (χ0n) is 29.6. The average molecular weight is 653 g/mol. The number of aliphatic hydroxyl groups excluding tert-OH is 2. The van der Waals surface area contributed by atoms with Crippen molar-refractivity contribution in [2.45, 2.75) is 205 Å². The van der Waals surface area contributed by atoms with Gasteiger partial charge in [-0.05, 0) is 12.8 Å². The van der Waals surface area contributed by atoms with Crippen LogP contribution in [0.4, 0.5) is 0 Å². The highest BCUT2D eigenvalue weighted by atomic mass is 16.7. The largest absolute Gasteiger partial charge is 0.433 e. The van der Waals surface area contributed by atoms with Crippen LogP contribution >= 0.6 is 0 Å². The van der Waals surface area contributed by atoms with E-state index >= 15 is 0 Å². The third-order valence-electron chi connectivity index (χ3n) is 9.55. The van der Waals surface area contributed by atoms with E-state index in [9.17, 15) is 29.4 Å². The van der Waals surface area contributed by atoms with Crippen molar-refractivity contribution >= 4 is 23.5 Å². The zero-order chi connectivity index (χ0) is 33.9. The number of carbonyl (C=O) groups excluding carboxylic acids is 4. The number of unbranched alkanes of at least 4 members (excludes halogenated alkanes) is 24. The predicted molar refractivity (Wildman–Crippen MR) is 182 cm³/mol. The van der Waals surface area contributed by atoms with Gasteiger partial charge in [-0.15, -0.1) is 0 Å². The first-order chi connectivity index (χ1) is 22.3. The fourth-order valence-corrected chi connectivity index (χ4v) is 6.29. The molecular formula is C38H68O8. The molecule has 2 atom stereocenters. The minimum absolute atomic E-state index is 0.0558. The molecule has 0 bridgehead atoms. The van der Waals surface area contributed by atoms with Crippen LogP contribution in [0.25, 0.3) is 0 Å². The summed E-state index contributed by atoms with van der Waals surface area (Å²) in [4.78, 5) is 52.0. The summed E-state index contributed by atoms with van der Waals surface area (Å²) in [6.45, 7) is 2.32. The summed E-state index contributed by atoms with van der Waals surface area (Å²) in [6.07, 6.45) is 29.5. The highest BCUT2D eigenvalue weighted by Gasteiger charge is 2.64. The third-order valence-corrected chi connectivity index (χ3v) is 9.55. The monoisotopic (exact) mass is 652 g/mol. The van der Waals surface area contributed by atoms with Gasteiger partial charge in [0, 0.05) is 12.8 Å². The summed E-state index contributed by atoms with van der Waals surface area (Å²) in [6, 6.07) is 0. The van der Waals surface area contributed by atoms with Gasteiger partial charge in [-0.3, -0.25) is 9.59 Å². The average Bonchev–Trinajstić information content (AvgIpc) is 3.06. The number of ketones is 2. The second-order valence-corrected chi connectivity index (χ2v) is 13.6. The Morgan fingerprint density at radius 3 is 0.870 bits per heavy atom. The van der Waals surface area contributed by atoms with E-state index in [1.807, 2.05) is 0 Å². The molecule has 0 spiro atoms. The summed E-state index contributed by atoms with van der Waals surface area (Å²) >= 11 is 0. The third kappa shape index (κ3) is 15.4. The van der Waals surface area contributed by atoms with Crippen molar-refractivity contribution in [1.82, 2.24) is 0 Å². The van der Waals surface area contributed by atoms with E-state index < -0.39 is 47.9 Å². The lowest BCUT2D eigenvalue weighted by molar-refractivity contribution is -0.231. The molecule has 268 valence electrons. The van der Waals surface area contributed by atoms with E-state index in [-0.39, 0.29) is 12.8 Å². The zero-order valence-corrected chi connectivity index (χ0v) is 29.6. The summed E-state index contributed by atoms with van der Waals surface area (Å²) in [5, 5.41) is 19.9. The Labute approximate surface area is 280 Å². The standard InChI is InChI=1S/C38H68O8/c1-3-5-7-9-11-13-15-17-19-21-23-25-27-29-33(41)37(31-39)35(43)46-38(32-40,36(44)45-37)34(42)30-28-26-24-22-20-18-16-14-12-10-8-6-4-2/h39-40H,3-32H2,1-2H3. The van der Waals surface area contributed by atoms with Crippen LogP contribution in [0.1, 0.15) is 194 Å². The first-order valence-corrected chi connectivity index (χ1v) is 19.1. The van der Waals surface area contributed by atoms with Crippen LogP contribution in [0, 0.1) is 0 Å². The maximum atomic E-state index is 13.0. The molecule has 8 nitrogen and oxygen atoms in total.